The van der Waals surface area contributed by atoms with Gasteiger partial charge in [-0.3, -0.25) is 4.98 Å². The third kappa shape index (κ3) is 3.32. The second-order valence-corrected chi connectivity index (χ2v) is 4.56. The van der Waals surface area contributed by atoms with E-state index in [0.717, 1.165) is 22.6 Å². The Labute approximate surface area is 123 Å². The Balaban J connectivity index is 1.81. The first-order chi connectivity index (χ1) is 10.3. The van der Waals surface area contributed by atoms with Gasteiger partial charge < -0.3 is 10.1 Å². The fourth-order valence-corrected chi connectivity index (χ4v) is 2.03. The number of benzene rings is 1. The summed E-state index contributed by atoms with van der Waals surface area (Å²) in [4.78, 5) is 12.9. The Morgan fingerprint density at radius 2 is 2.00 bits per heavy atom. The van der Waals surface area contributed by atoms with Gasteiger partial charge in [-0.2, -0.15) is 0 Å². The highest BCUT2D eigenvalue weighted by molar-refractivity contribution is 5.72. The largest absolute Gasteiger partial charge is 0.377 e. The lowest BCUT2D eigenvalue weighted by atomic mass is 10.2. The van der Waals surface area contributed by atoms with E-state index in [9.17, 15) is 0 Å². The van der Waals surface area contributed by atoms with Crippen LogP contribution < -0.4 is 5.32 Å². The van der Waals surface area contributed by atoms with Gasteiger partial charge in [0.1, 0.15) is 11.3 Å². The summed E-state index contributed by atoms with van der Waals surface area (Å²) in [6.45, 7) is 3.31. The summed E-state index contributed by atoms with van der Waals surface area (Å²) in [7, 11) is 0. The molecule has 5 heteroatoms. The highest BCUT2D eigenvalue weighted by Crippen LogP contribution is 2.18. The average molecular weight is 280 g/mol. The van der Waals surface area contributed by atoms with Crippen LogP contribution in [0.5, 0.6) is 0 Å². The molecule has 1 N–H and O–H groups in total. The van der Waals surface area contributed by atoms with Crippen LogP contribution in [0.1, 0.15) is 12.5 Å². The molecular formula is C16H16N4O. The third-order valence-corrected chi connectivity index (χ3v) is 3.00. The normalized spacial score (nSPS) is 10.7. The van der Waals surface area contributed by atoms with Gasteiger partial charge in [-0.15, -0.1) is 0 Å². The standard InChI is InChI=1S/C16H16N4O/c1-2-21-11-12-4-3-5-13(10-12)19-15-7-6-14-16(20-15)18-9-8-17-14/h3-10H,2,11H2,1H3,(H,18,19,20). The van der Waals surface area contributed by atoms with Gasteiger partial charge in [0, 0.05) is 24.7 Å². The molecule has 0 bridgehead atoms. The second kappa shape index (κ2) is 6.28. The lowest BCUT2D eigenvalue weighted by molar-refractivity contribution is 0.134. The van der Waals surface area contributed by atoms with Crippen LogP contribution in [0.2, 0.25) is 0 Å². The first-order valence-corrected chi connectivity index (χ1v) is 6.86. The molecule has 0 unspecified atom stereocenters. The van der Waals surface area contributed by atoms with E-state index in [-0.39, 0.29) is 0 Å². The minimum absolute atomic E-state index is 0.614. The predicted octanol–water partition coefficient (Wildman–Crippen LogP) is 3.30. The molecule has 3 aromatic rings. The summed E-state index contributed by atoms with van der Waals surface area (Å²) in [5, 5.41) is 3.28. The molecule has 0 spiro atoms. The lowest BCUT2D eigenvalue weighted by Gasteiger charge is -2.08. The number of rotatable bonds is 5. The van der Waals surface area contributed by atoms with Crippen molar-refractivity contribution in [2.24, 2.45) is 0 Å². The van der Waals surface area contributed by atoms with E-state index in [1.54, 1.807) is 12.4 Å². The number of hydrogen-bond acceptors (Lipinski definition) is 5. The Hall–Kier alpha value is -2.53. The molecule has 0 saturated carbocycles. The number of hydrogen-bond donors (Lipinski definition) is 1. The molecule has 2 heterocycles. The van der Waals surface area contributed by atoms with Gasteiger partial charge in [0.05, 0.1) is 6.61 Å². The maximum Gasteiger partial charge on any atom is 0.180 e. The summed E-state index contributed by atoms with van der Waals surface area (Å²) < 4.78 is 5.42. The van der Waals surface area contributed by atoms with E-state index in [2.05, 4.69) is 26.3 Å². The van der Waals surface area contributed by atoms with Crippen molar-refractivity contribution in [3.8, 4) is 0 Å². The van der Waals surface area contributed by atoms with E-state index < -0.39 is 0 Å². The summed E-state index contributed by atoms with van der Waals surface area (Å²) in [5.41, 5.74) is 3.52. The summed E-state index contributed by atoms with van der Waals surface area (Å²) in [5.74, 6) is 0.747. The molecule has 1 aromatic carbocycles. The highest BCUT2D eigenvalue weighted by atomic mass is 16.5. The second-order valence-electron chi connectivity index (χ2n) is 4.56. The quantitative estimate of drug-likeness (QED) is 0.777. The van der Waals surface area contributed by atoms with E-state index in [4.69, 9.17) is 4.74 Å². The van der Waals surface area contributed by atoms with Crippen molar-refractivity contribution in [3.05, 3.63) is 54.4 Å². The first-order valence-electron chi connectivity index (χ1n) is 6.86. The molecule has 0 fully saturated rings. The van der Waals surface area contributed by atoms with Crippen molar-refractivity contribution in [1.29, 1.82) is 0 Å². The molecule has 0 aliphatic carbocycles. The van der Waals surface area contributed by atoms with Crippen LogP contribution >= 0.6 is 0 Å². The van der Waals surface area contributed by atoms with Gasteiger partial charge in [0.25, 0.3) is 0 Å². The first kappa shape index (κ1) is 13.5. The van der Waals surface area contributed by atoms with E-state index in [1.165, 1.54) is 0 Å². The van der Waals surface area contributed by atoms with Crippen molar-refractivity contribution < 1.29 is 4.74 Å². The van der Waals surface area contributed by atoms with Gasteiger partial charge >= 0.3 is 0 Å². The number of ether oxygens (including phenoxy) is 1. The molecule has 21 heavy (non-hydrogen) atoms. The Bertz CT molecular complexity index is 745. The summed E-state index contributed by atoms with van der Waals surface area (Å²) in [6.07, 6.45) is 3.30. The molecule has 3 rings (SSSR count). The molecule has 0 radical (unpaired) electrons. The van der Waals surface area contributed by atoms with Crippen LogP contribution in [0.15, 0.2) is 48.8 Å². The van der Waals surface area contributed by atoms with Gasteiger partial charge in [-0.1, -0.05) is 12.1 Å². The molecule has 0 aliphatic rings. The lowest BCUT2D eigenvalue weighted by Crippen LogP contribution is -1.97. The number of anilines is 2. The molecule has 0 saturated heterocycles. The summed E-state index contributed by atoms with van der Waals surface area (Å²) in [6, 6.07) is 11.9. The molecule has 0 aliphatic heterocycles. The van der Waals surface area contributed by atoms with E-state index in [1.807, 2.05) is 37.3 Å². The Kier molecular flexibility index (Phi) is 4.02. The van der Waals surface area contributed by atoms with Crippen LogP contribution in [-0.2, 0) is 11.3 Å². The average Bonchev–Trinajstić information content (AvgIpc) is 2.53. The maximum absolute atomic E-state index is 5.42. The fourth-order valence-electron chi connectivity index (χ4n) is 2.03. The van der Waals surface area contributed by atoms with Crippen molar-refractivity contribution in [2.75, 3.05) is 11.9 Å². The van der Waals surface area contributed by atoms with Gasteiger partial charge in [-0.05, 0) is 36.8 Å². The van der Waals surface area contributed by atoms with Crippen molar-refractivity contribution in [2.45, 2.75) is 13.5 Å². The SMILES string of the molecule is CCOCc1cccc(Nc2ccc3nccnc3n2)c1. The fraction of sp³-hybridized carbons (Fsp3) is 0.188. The number of pyridine rings is 1. The monoisotopic (exact) mass is 280 g/mol. The zero-order valence-electron chi connectivity index (χ0n) is 11.8. The zero-order valence-corrected chi connectivity index (χ0v) is 11.8. The third-order valence-electron chi connectivity index (χ3n) is 3.00. The molecule has 106 valence electrons. The predicted molar refractivity (Wildman–Crippen MR) is 82.4 cm³/mol. The van der Waals surface area contributed by atoms with Gasteiger partial charge in [0.2, 0.25) is 0 Å². The summed E-state index contributed by atoms with van der Waals surface area (Å²) >= 11 is 0. The van der Waals surface area contributed by atoms with Crippen LogP contribution in [0.3, 0.4) is 0 Å². The van der Waals surface area contributed by atoms with Crippen molar-refractivity contribution in [1.82, 2.24) is 15.0 Å². The topological polar surface area (TPSA) is 59.9 Å². The van der Waals surface area contributed by atoms with Crippen molar-refractivity contribution in [3.63, 3.8) is 0 Å². The van der Waals surface area contributed by atoms with E-state index in [0.29, 0.717) is 18.9 Å². The Morgan fingerprint density at radius 1 is 1.10 bits per heavy atom. The molecule has 2 aromatic heterocycles. The van der Waals surface area contributed by atoms with Gasteiger partial charge in [0.15, 0.2) is 5.65 Å². The van der Waals surface area contributed by atoms with Crippen molar-refractivity contribution >= 4 is 22.7 Å². The molecule has 0 amide bonds. The highest BCUT2D eigenvalue weighted by Gasteiger charge is 2.01. The van der Waals surface area contributed by atoms with Gasteiger partial charge in [-0.25, -0.2) is 9.97 Å². The van der Waals surface area contributed by atoms with Crippen LogP contribution in [0, 0.1) is 0 Å². The van der Waals surface area contributed by atoms with Crippen LogP contribution in [-0.4, -0.2) is 21.6 Å². The molecular weight excluding hydrogens is 264 g/mol. The Morgan fingerprint density at radius 3 is 2.90 bits per heavy atom. The minimum atomic E-state index is 0.614. The number of nitrogens with one attached hydrogen (secondary N) is 1. The van der Waals surface area contributed by atoms with E-state index >= 15 is 0 Å². The van der Waals surface area contributed by atoms with Crippen LogP contribution in [0.25, 0.3) is 11.2 Å². The minimum Gasteiger partial charge on any atom is -0.377 e. The maximum atomic E-state index is 5.42. The van der Waals surface area contributed by atoms with Crippen LogP contribution in [0.4, 0.5) is 11.5 Å². The smallest absolute Gasteiger partial charge is 0.180 e. The number of fused-ring (bicyclic) bond motifs is 1. The molecule has 5 nitrogen and oxygen atoms in total. The molecule has 0 atom stereocenters. The number of nitrogens with zero attached hydrogens (tertiary/aromatic N) is 3. The number of aromatic nitrogens is 3. The zero-order chi connectivity index (χ0) is 14.5.